The summed E-state index contributed by atoms with van der Waals surface area (Å²) in [5.41, 5.74) is -1.80. The van der Waals surface area contributed by atoms with Crippen LogP contribution in [0.3, 0.4) is 0 Å². The molecule has 1 atom stereocenters. The predicted molar refractivity (Wildman–Crippen MR) is 103 cm³/mol. The lowest BCUT2D eigenvalue weighted by Crippen LogP contribution is -2.56. The molecule has 2 aromatic heterocycles. The summed E-state index contributed by atoms with van der Waals surface area (Å²) in [5, 5.41) is 26.5. The maximum atomic E-state index is 13.2. The summed E-state index contributed by atoms with van der Waals surface area (Å²) in [4.78, 5) is 12.4. The molecule has 0 aliphatic carbocycles. The number of carbonyl (C=O) groups is 1. The van der Waals surface area contributed by atoms with E-state index >= 15 is 0 Å². The van der Waals surface area contributed by atoms with Crippen LogP contribution >= 0.6 is 11.8 Å². The lowest BCUT2D eigenvalue weighted by atomic mass is 10.1. The molecule has 1 N–H and O–H groups in total. The van der Waals surface area contributed by atoms with Gasteiger partial charge in [0.2, 0.25) is 0 Å². The second kappa shape index (κ2) is 8.02. The highest BCUT2D eigenvalue weighted by molar-refractivity contribution is 7.99. The maximum absolute atomic E-state index is 13.2. The molecule has 30 heavy (non-hydrogen) atoms. The molecule has 1 aliphatic heterocycles. The summed E-state index contributed by atoms with van der Waals surface area (Å²) in [5.74, 6) is -0.651. The topological polar surface area (TPSA) is 101 Å². The Morgan fingerprint density at radius 1 is 1.37 bits per heavy atom. The number of nitrogens with zero attached hydrogens (tertiary/aromatic N) is 7. The molecular weight excluding hydrogens is 423 g/mol. The third-order valence-electron chi connectivity index (χ3n) is 4.55. The van der Waals surface area contributed by atoms with Crippen LogP contribution < -0.4 is 0 Å². The normalized spacial score (nSPS) is 19.3. The molecule has 3 rings (SSSR count). The summed E-state index contributed by atoms with van der Waals surface area (Å²) in [7, 11) is 1.80. The third-order valence-corrected chi connectivity index (χ3v) is 5.50. The van der Waals surface area contributed by atoms with Crippen LogP contribution in [0.2, 0.25) is 0 Å². The van der Waals surface area contributed by atoms with E-state index in [9.17, 15) is 23.1 Å². The van der Waals surface area contributed by atoms with Gasteiger partial charge in [-0.15, -0.1) is 10.2 Å². The molecule has 1 amide bonds. The fourth-order valence-corrected chi connectivity index (χ4v) is 3.70. The Kier molecular flexibility index (Phi) is 5.96. The van der Waals surface area contributed by atoms with Crippen LogP contribution in [0.25, 0.3) is 11.5 Å². The molecule has 0 spiro atoms. The van der Waals surface area contributed by atoms with Gasteiger partial charge in [-0.1, -0.05) is 25.6 Å². The van der Waals surface area contributed by atoms with E-state index in [0.717, 1.165) is 23.7 Å². The molecule has 0 bridgehead atoms. The van der Waals surface area contributed by atoms with Gasteiger partial charge in [-0.25, -0.2) is 0 Å². The highest BCUT2D eigenvalue weighted by Crippen LogP contribution is 2.39. The number of aromatic nitrogens is 5. The molecule has 0 fully saturated rings. The van der Waals surface area contributed by atoms with Gasteiger partial charge in [-0.3, -0.25) is 9.48 Å². The van der Waals surface area contributed by atoms with E-state index in [1.165, 1.54) is 0 Å². The quantitative estimate of drug-likeness (QED) is 0.684. The maximum Gasteiger partial charge on any atom is 0.438 e. The third kappa shape index (κ3) is 4.08. The largest absolute Gasteiger partial charge is 0.438 e. The number of hydrogen-bond donors (Lipinski definition) is 1. The molecule has 2 aromatic rings. The highest BCUT2D eigenvalue weighted by Gasteiger charge is 2.61. The molecule has 0 radical (unpaired) electrons. The van der Waals surface area contributed by atoms with E-state index in [1.807, 2.05) is 26.8 Å². The predicted octanol–water partition coefficient (Wildman–Crippen LogP) is 2.20. The van der Waals surface area contributed by atoms with Crippen LogP contribution in [0, 0.1) is 12.8 Å². The van der Waals surface area contributed by atoms with Crippen molar-refractivity contribution in [2.24, 2.45) is 18.1 Å². The second-order valence-corrected chi connectivity index (χ2v) is 8.36. The first kappa shape index (κ1) is 22.3. The number of aryl methyl sites for hydroxylation is 2. The van der Waals surface area contributed by atoms with Gasteiger partial charge in [0.25, 0.3) is 11.6 Å². The van der Waals surface area contributed by atoms with Crippen molar-refractivity contribution in [3.8, 4) is 11.5 Å². The second-order valence-electron chi connectivity index (χ2n) is 7.42. The van der Waals surface area contributed by atoms with Gasteiger partial charge in [0.1, 0.15) is 5.69 Å². The van der Waals surface area contributed by atoms with E-state index in [-0.39, 0.29) is 10.9 Å². The molecule has 9 nitrogen and oxygen atoms in total. The van der Waals surface area contributed by atoms with Gasteiger partial charge in [-0.2, -0.15) is 28.4 Å². The molecular formula is C17H22F3N7O2S. The van der Waals surface area contributed by atoms with Crippen molar-refractivity contribution < 1.29 is 23.1 Å². The van der Waals surface area contributed by atoms with Crippen molar-refractivity contribution in [3.05, 3.63) is 11.8 Å². The summed E-state index contributed by atoms with van der Waals surface area (Å²) in [6.07, 6.45) is -4.95. The number of carbonyl (C=O) groups excluding carboxylic acids is 1. The van der Waals surface area contributed by atoms with Crippen molar-refractivity contribution in [3.63, 3.8) is 0 Å². The number of alkyl halides is 3. The zero-order chi connectivity index (χ0) is 22.3. The fourth-order valence-electron chi connectivity index (χ4n) is 2.91. The summed E-state index contributed by atoms with van der Waals surface area (Å²) in [6.45, 7) is 6.42. The number of amides is 1. The molecule has 13 heteroatoms. The average Bonchev–Trinajstić information content (AvgIpc) is 3.31. The first-order valence-electron chi connectivity index (χ1n) is 9.15. The van der Waals surface area contributed by atoms with E-state index < -0.39 is 30.0 Å². The van der Waals surface area contributed by atoms with Crippen molar-refractivity contribution in [2.75, 3.05) is 5.75 Å². The van der Waals surface area contributed by atoms with Crippen LogP contribution in [0.5, 0.6) is 0 Å². The monoisotopic (exact) mass is 445 g/mol. The highest BCUT2D eigenvalue weighted by atomic mass is 32.2. The Hall–Kier alpha value is -2.41. The number of rotatable bonds is 6. The standard InChI is InChI=1S/C17H22F3N7O2S/c1-10(2)8-26-14(12-7-11(3)25(4)24-12)22-23-15(26)30-9-13(28)27-16(29,5-6-21-27)17(18,19)20/h6-7,10,29H,5,8-9H2,1-4H3/t16-/m1/s1. The minimum absolute atomic E-state index is 0.0895. The SMILES string of the molecule is Cc1cc(-c2nnc(SCC(=O)N3N=CC[C@@]3(O)C(F)(F)F)n2CC(C)C)nn1C. The van der Waals surface area contributed by atoms with E-state index in [1.54, 1.807) is 16.3 Å². The smallest absolute Gasteiger partial charge is 0.362 e. The van der Waals surface area contributed by atoms with Crippen molar-refractivity contribution in [1.82, 2.24) is 29.6 Å². The Labute approximate surface area is 174 Å². The number of halogens is 3. The Morgan fingerprint density at radius 3 is 2.63 bits per heavy atom. The number of thioether (sulfide) groups is 1. The van der Waals surface area contributed by atoms with Crippen molar-refractivity contribution in [1.29, 1.82) is 0 Å². The summed E-state index contributed by atoms with van der Waals surface area (Å²) >= 11 is 0.933. The van der Waals surface area contributed by atoms with Crippen LogP contribution in [0.1, 0.15) is 26.0 Å². The van der Waals surface area contributed by atoms with Gasteiger partial charge in [0, 0.05) is 31.9 Å². The molecule has 0 saturated heterocycles. The molecule has 3 heterocycles. The van der Waals surface area contributed by atoms with Gasteiger partial charge in [0.15, 0.2) is 11.0 Å². The van der Waals surface area contributed by atoms with Crippen molar-refractivity contribution >= 4 is 23.9 Å². The molecule has 0 aromatic carbocycles. The fraction of sp³-hybridized carbons (Fsp3) is 0.588. The lowest BCUT2D eigenvalue weighted by Gasteiger charge is -2.32. The minimum atomic E-state index is -5.02. The lowest BCUT2D eigenvalue weighted by molar-refractivity contribution is -0.301. The Balaban J connectivity index is 1.81. The van der Waals surface area contributed by atoms with Gasteiger partial charge < -0.3 is 9.67 Å². The average molecular weight is 445 g/mol. The molecule has 164 valence electrons. The van der Waals surface area contributed by atoms with Crippen LogP contribution in [0.15, 0.2) is 16.3 Å². The molecule has 1 aliphatic rings. The first-order chi connectivity index (χ1) is 13.9. The molecule has 0 saturated carbocycles. The Morgan fingerprint density at radius 2 is 2.07 bits per heavy atom. The molecule has 0 unspecified atom stereocenters. The van der Waals surface area contributed by atoms with Crippen molar-refractivity contribution in [2.45, 2.75) is 50.8 Å². The van der Waals surface area contributed by atoms with E-state index in [0.29, 0.717) is 23.2 Å². The van der Waals surface area contributed by atoms with Crippen LogP contribution in [-0.4, -0.2) is 64.4 Å². The zero-order valence-corrected chi connectivity index (χ0v) is 17.7. The summed E-state index contributed by atoms with van der Waals surface area (Å²) in [6, 6.07) is 1.85. The number of hydrogen-bond acceptors (Lipinski definition) is 7. The van der Waals surface area contributed by atoms with E-state index in [2.05, 4.69) is 20.4 Å². The van der Waals surface area contributed by atoms with Gasteiger partial charge >= 0.3 is 6.18 Å². The Bertz CT molecular complexity index is 950. The number of hydrazone groups is 1. The van der Waals surface area contributed by atoms with Gasteiger partial charge in [0.05, 0.1) is 5.75 Å². The first-order valence-corrected chi connectivity index (χ1v) is 10.1. The van der Waals surface area contributed by atoms with E-state index in [4.69, 9.17) is 0 Å². The summed E-state index contributed by atoms with van der Waals surface area (Å²) < 4.78 is 43.0. The van der Waals surface area contributed by atoms with Gasteiger partial charge in [-0.05, 0) is 18.9 Å². The number of aliphatic hydroxyl groups is 1. The zero-order valence-electron chi connectivity index (χ0n) is 16.9. The van der Waals surface area contributed by atoms with Crippen LogP contribution in [0.4, 0.5) is 13.2 Å². The minimum Gasteiger partial charge on any atom is -0.362 e. The van der Waals surface area contributed by atoms with Crippen LogP contribution in [-0.2, 0) is 18.4 Å².